The Morgan fingerprint density at radius 1 is 0.745 bits per heavy atom. The number of piperidine rings is 2. The van der Waals surface area contributed by atoms with Gasteiger partial charge < -0.3 is 25.5 Å². The van der Waals surface area contributed by atoms with Gasteiger partial charge in [-0.2, -0.15) is 0 Å². The van der Waals surface area contributed by atoms with Crippen molar-refractivity contribution in [2.45, 2.75) is 108 Å². The summed E-state index contributed by atoms with van der Waals surface area (Å²) in [6.45, 7) is 2.44. The van der Waals surface area contributed by atoms with E-state index in [9.17, 15) is 29.1 Å². The summed E-state index contributed by atoms with van der Waals surface area (Å²) in [5.74, 6) is -1.48. The predicted octanol–water partition coefficient (Wildman–Crippen LogP) is 5.44. The van der Waals surface area contributed by atoms with E-state index in [-0.39, 0.29) is 53.1 Å². The molecule has 12 heteroatoms. The molecule has 2 aliphatic heterocycles. The molecule has 0 bridgehead atoms. The van der Waals surface area contributed by atoms with E-state index in [4.69, 9.17) is 23.2 Å². The summed E-state index contributed by atoms with van der Waals surface area (Å²) >= 11 is 12.3. The van der Waals surface area contributed by atoms with Gasteiger partial charge in [0.25, 0.3) is 5.91 Å². The van der Waals surface area contributed by atoms with Crippen molar-refractivity contribution in [3.63, 3.8) is 0 Å². The predicted molar refractivity (Wildman–Crippen MR) is 179 cm³/mol. The average molecular weight is 692 g/mol. The number of nitrogens with one attached hydrogen (secondary N) is 2. The van der Waals surface area contributed by atoms with Gasteiger partial charge in [-0.1, -0.05) is 55.3 Å². The lowest BCUT2D eigenvalue weighted by molar-refractivity contribution is -0.141. The van der Waals surface area contributed by atoms with Crippen molar-refractivity contribution in [1.29, 1.82) is 0 Å². The first kappa shape index (κ1) is 35.5. The zero-order valence-electron chi connectivity index (χ0n) is 27.1. The van der Waals surface area contributed by atoms with E-state index < -0.39 is 29.9 Å². The highest BCUT2D eigenvalue weighted by Gasteiger charge is 2.40. The molecule has 4 atom stereocenters. The van der Waals surface area contributed by atoms with Gasteiger partial charge >= 0.3 is 5.97 Å². The smallest absolute Gasteiger partial charge is 0.303 e. The number of hydrogen-bond donors (Lipinski definition) is 3. The first-order chi connectivity index (χ1) is 22.5. The SMILES string of the molecule is O=C(O)CC[C@H](NC(=O)CC[C@@H](NC(=O)c1cc(Cl)cc(Cl)c1)C(=O)N1CCC2(CCCC2)CC1)C(=O)N1CCC2CCCCC2C1. The Bertz CT molecular complexity index is 1300. The number of halogens is 2. The van der Waals surface area contributed by atoms with E-state index in [1.807, 2.05) is 0 Å². The number of likely N-dealkylation sites (tertiary alicyclic amines) is 2. The molecule has 258 valence electrons. The number of nitrogens with zero attached hydrogens (tertiary/aromatic N) is 2. The Morgan fingerprint density at radius 3 is 2.00 bits per heavy atom. The van der Waals surface area contributed by atoms with Crippen LogP contribution in [0, 0.1) is 17.3 Å². The van der Waals surface area contributed by atoms with Gasteiger partial charge in [-0.15, -0.1) is 0 Å². The molecule has 2 saturated heterocycles. The standard InChI is InChI=1S/C35H48Cl2N4O6/c36-26-19-25(20-27(37)21-26)32(45)39-29(33(46)40-17-14-35(15-18-40)12-3-4-13-35)7-9-30(42)38-28(8-10-31(43)44)34(47)41-16-11-23-5-1-2-6-24(23)22-41/h19-21,23-24,28-29H,1-18,22H2,(H,38,42)(H,39,45)(H,43,44)/t23?,24?,28-,29+/m0/s1. The maximum Gasteiger partial charge on any atom is 0.303 e. The number of carbonyl (C=O) groups excluding carboxylic acids is 4. The topological polar surface area (TPSA) is 136 Å². The molecule has 2 saturated carbocycles. The zero-order valence-corrected chi connectivity index (χ0v) is 28.6. The quantitative estimate of drug-likeness (QED) is 0.283. The van der Waals surface area contributed by atoms with E-state index in [0.717, 1.165) is 32.1 Å². The highest BCUT2D eigenvalue weighted by Crippen LogP contribution is 2.46. The summed E-state index contributed by atoms with van der Waals surface area (Å²) in [5.41, 5.74) is 0.505. The van der Waals surface area contributed by atoms with Crippen LogP contribution >= 0.6 is 23.2 Å². The van der Waals surface area contributed by atoms with E-state index in [1.54, 1.807) is 9.80 Å². The fraction of sp³-hybridized carbons (Fsp3) is 0.686. The van der Waals surface area contributed by atoms with Crippen LogP contribution in [0.1, 0.15) is 107 Å². The molecule has 0 aromatic heterocycles. The molecule has 2 unspecified atom stereocenters. The fourth-order valence-electron chi connectivity index (χ4n) is 8.32. The van der Waals surface area contributed by atoms with Crippen LogP contribution in [-0.4, -0.2) is 82.8 Å². The van der Waals surface area contributed by atoms with Crippen LogP contribution in [0.5, 0.6) is 0 Å². The molecule has 3 N–H and O–H groups in total. The number of amides is 4. The average Bonchev–Trinajstić information content (AvgIpc) is 3.51. The van der Waals surface area contributed by atoms with Gasteiger partial charge in [-0.3, -0.25) is 24.0 Å². The Hall–Kier alpha value is -2.85. The molecule has 4 amide bonds. The molecule has 2 heterocycles. The Balaban J connectivity index is 1.24. The van der Waals surface area contributed by atoms with Crippen molar-refractivity contribution in [3.05, 3.63) is 33.8 Å². The molecule has 4 fully saturated rings. The van der Waals surface area contributed by atoms with Crippen LogP contribution in [-0.2, 0) is 19.2 Å². The van der Waals surface area contributed by atoms with E-state index in [2.05, 4.69) is 10.6 Å². The summed E-state index contributed by atoms with van der Waals surface area (Å²) in [6, 6.07) is 2.49. The van der Waals surface area contributed by atoms with Gasteiger partial charge in [-0.05, 0) is 86.8 Å². The van der Waals surface area contributed by atoms with Crippen molar-refractivity contribution in [1.82, 2.24) is 20.4 Å². The molecule has 10 nitrogen and oxygen atoms in total. The third kappa shape index (κ3) is 9.40. The van der Waals surface area contributed by atoms with Crippen molar-refractivity contribution in [3.8, 4) is 0 Å². The third-order valence-electron chi connectivity index (χ3n) is 11.1. The third-order valence-corrected chi connectivity index (χ3v) is 11.5. The van der Waals surface area contributed by atoms with Crippen LogP contribution in [0.25, 0.3) is 0 Å². The second-order valence-corrected chi connectivity index (χ2v) is 15.1. The van der Waals surface area contributed by atoms with Crippen LogP contribution in [0.15, 0.2) is 18.2 Å². The Kier molecular flexibility index (Phi) is 12.1. The number of hydrogen-bond acceptors (Lipinski definition) is 5. The van der Waals surface area contributed by atoms with Gasteiger partial charge in [0.1, 0.15) is 12.1 Å². The number of carbonyl (C=O) groups is 5. The second kappa shape index (κ2) is 16.0. The molecule has 47 heavy (non-hydrogen) atoms. The molecular weight excluding hydrogens is 643 g/mol. The molecule has 5 rings (SSSR count). The van der Waals surface area contributed by atoms with Crippen LogP contribution in [0.3, 0.4) is 0 Å². The monoisotopic (exact) mass is 690 g/mol. The molecule has 0 radical (unpaired) electrons. The summed E-state index contributed by atoms with van der Waals surface area (Å²) in [5, 5.41) is 15.5. The van der Waals surface area contributed by atoms with E-state index >= 15 is 0 Å². The Morgan fingerprint density at radius 2 is 1.34 bits per heavy atom. The normalized spacial score (nSPS) is 23.4. The number of benzene rings is 1. The van der Waals surface area contributed by atoms with Crippen molar-refractivity contribution in [2.75, 3.05) is 26.2 Å². The highest BCUT2D eigenvalue weighted by atomic mass is 35.5. The molecule has 2 aliphatic carbocycles. The number of fused-ring (bicyclic) bond motifs is 1. The lowest BCUT2D eigenvalue weighted by atomic mass is 9.75. The van der Waals surface area contributed by atoms with Gasteiger partial charge in [0.2, 0.25) is 17.7 Å². The lowest BCUT2D eigenvalue weighted by Crippen LogP contribution is -2.54. The van der Waals surface area contributed by atoms with E-state index in [0.29, 0.717) is 43.4 Å². The first-order valence-electron chi connectivity index (χ1n) is 17.4. The molecular formula is C35H48Cl2N4O6. The van der Waals surface area contributed by atoms with Crippen molar-refractivity contribution >= 4 is 52.8 Å². The summed E-state index contributed by atoms with van der Waals surface area (Å²) in [4.78, 5) is 69.1. The fourth-order valence-corrected chi connectivity index (χ4v) is 8.85. The molecule has 1 aromatic carbocycles. The van der Waals surface area contributed by atoms with Crippen LogP contribution < -0.4 is 10.6 Å². The second-order valence-electron chi connectivity index (χ2n) is 14.2. The highest BCUT2D eigenvalue weighted by molar-refractivity contribution is 6.35. The number of carboxylic acid groups (broad SMARTS) is 1. The van der Waals surface area contributed by atoms with Crippen molar-refractivity contribution < 1.29 is 29.1 Å². The largest absolute Gasteiger partial charge is 0.481 e. The van der Waals surface area contributed by atoms with Crippen LogP contribution in [0.4, 0.5) is 0 Å². The zero-order chi connectivity index (χ0) is 33.6. The van der Waals surface area contributed by atoms with Crippen molar-refractivity contribution in [2.24, 2.45) is 17.3 Å². The minimum absolute atomic E-state index is 0.0135. The molecule has 1 spiro atoms. The van der Waals surface area contributed by atoms with Gasteiger partial charge in [0.15, 0.2) is 0 Å². The maximum absolute atomic E-state index is 13.8. The number of rotatable bonds is 11. The Labute approximate surface area is 287 Å². The minimum Gasteiger partial charge on any atom is -0.481 e. The lowest BCUT2D eigenvalue weighted by Gasteiger charge is -2.42. The van der Waals surface area contributed by atoms with Gasteiger partial charge in [0, 0.05) is 54.6 Å². The first-order valence-corrected chi connectivity index (χ1v) is 18.1. The van der Waals surface area contributed by atoms with Gasteiger partial charge in [0.05, 0.1) is 0 Å². The maximum atomic E-state index is 13.8. The molecule has 4 aliphatic rings. The number of carboxylic acids is 1. The van der Waals surface area contributed by atoms with Crippen LogP contribution in [0.2, 0.25) is 10.0 Å². The van der Waals surface area contributed by atoms with Gasteiger partial charge in [-0.25, -0.2) is 0 Å². The minimum atomic E-state index is -1.04. The summed E-state index contributed by atoms with van der Waals surface area (Å²) < 4.78 is 0. The molecule has 1 aromatic rings. The number of aliphatic carboxylic acids is 1. The summed E-state index contributed by atoms with van der Waals surface area (Å²) in [7, 11) is 0. The van der Waals surface area contributed by atoms with E-state index in [1.165, 1.54) is 56.7 Å². The summed E-state index contributed by atoms with van der Waals surface area (Å²) in [6.07, 6.45) is 11.8.